The van der Waals surface area contributed by atoms with E-state index < -0.39 is 0 Å². The summed E-state index contributed by atoms with van der Waals surface area (Å²) in [6, 6.07) is 0. The first kappa shape index (κ1) is 5.52. The summed E-state index contributed by atoms with van der Waals surface area (Å²) >= 11 is 5.17. The van der Waals surface area contributed by atoms with E-state index in [1.54, 1.807) is 0 Å². The first-order valence-electron chi connectivity index (χ1n) is 1.44. The molecule has 0 aromatic carbocycles. The van der Waals surface area contributed by atoms with Crippen molar-refractivity contribution in [3.63, 3.8) is 0 Å². The van der Waals surface area contributed by atoms with Crippen LogP contribution in [0.4, 0.5) is 0 Å². The fourth-order valence-electron chi connectivity index (χ4n) is 0.0858. The van der Waals surface area contributed by atoms with Crippen molar-refractivity contribution in [2.75, 3.05) is 6.54 Å². The predicted molar refractivity (Wildman–Crippen MR) is 26.5 cm³/mol. The van der Waals surface area contributed by atoms with Crippen LogP contribution in [-0.4, -0.2) is 6.54 Å². The highest BCUT2D eigenvalue weighted by Crippen LogP contribution is 1.93. The molecule has 0 rings (SSSR count). The van der Waals surface area contributed by atoms with E-state index in [0.29, 0.717) is 5.03 Å². The number of hydrogen-bond donors (Lipinski definition) is 0. The van der Waals surface area contributed by atoms with Gasteiger partial charge in [0, 0.05) is 0 Å². The van der Waals surface area contributed by atoms with Gasteiger partial charge in [0.2, 0.25) is 6.54 Å². The van der Waals surface area contributed by atoms with Gasteiger partial charge in [0.1, 0.15) is 0 Å². The van der Waals surface area contributed by atoms with E-state index in [0.717, 1.165) is 0 Å². The largest absolute Gasteiger partial charge is 0.311 e. The van der Waals surface area contributed by atoms with Gasteiger partial charge in [-0.1, -0.05) is 18.2 Å². The van der Waals surface area contributed by atoms with Crippen molar-refractivity contribution in [1.82, 2.24) is 0 Å². The number of rotatable bonds is 1. The summed E-state index contributed by atoms with van der Waals surface area (Å²) in [5.74, 6) is 0. The summed E-state index contributed by atoms with van der Waals surface area (Å²) in [6.45, 7) is 9.75. The molecule has 0 saturated heterocycles. The number of nitrogens with zero attached hydrogens (tertiary/aromatic N) is 1. The minimum absolute atomic E-state index is 0.238. The van der Waals surface area contributed by atoms with E-state index in [4.69, 9.17) is 18.2 Å². The van der Waals surface area contributed by atoms with Crippen molar-refractivity contribution in [2.45, 2.75) is 0 Å². The molecule has 0 radical (unpaired) electrons. The van der Waals surface area contributed by atoms with Crippen molar-refractivity contribution in [1.29, 1.82) is 0 Å². The molecule has 0 atom stereocenters. The zero-order valence-electron chi connectivity index (χ0n) is 3.24. The molecule has 0 amide bonds. The number of halogens is 1. The molecule has 0 fully saturated rings. The molecule has 1 nitrogen and oxygen atoms in total. The van der Waals surface area contributed by atoms with Gasteiger partial charge in [0.05, 0.1) is 5.03 Å². The maximum Gasteiger partial charge on any atom is 0.249 e. The van der Waals surface area contributed by atoms with Crippen molar-refractivity contribution in [3.05, 3.63) is 23.0 Å². The van der Waals surface area contributed by atoms with Crippen molar-refractivity contribution in [2.24, 2.45) is 0 Å². The Hall–Kier alpha value is -0.480. The lowest BCUT2D eigenvalue weighted by molar-refractivity contribution is 1.50. The van der Waals surface area contributed by atoms with Gasteiger partial charge in [-0.3, -0.25) is 0 Å². The molecule has 0 saturated carbocycles. The van der Waals surface area contributed by atoms with Gasteiger partial charge in [-0.25, -0.2) is 6.57 Å². The summed E-state index contributed by atoms with van der Waals surface area (Å²) in [5.41, 5.74) is 0. The van der Waals surface area contributed by atoms with Gasteiger partial charge in [-0.05, 0) is 0 Å². The summed E-state index contributed by atoms with van der Waals surface area (Å²) < 4.78 is 0. The van der Waals surface area contributed by atoms with Crippen LogP contribution in [0.15, 0.2) is 11.6 Å². The molecule has 0 aromatic heterocycles. The molecule has 0 aliphatic carbocycles. The summed E-state index contributed by atoms with van der Waals surface area (Å²) in [5, 5.41) is 0.407. The van der Waals surface area contributed by atoms with E-state index in [1.807, 2.05) is 0 Å². The van der Waals surface area contributed by atoms with E-state index in [2.05, 4.69) is 11.4 Å². The van der Waals surface area contributed by atoms with Crippen molar-refractivity contribution >= 4 is 11.6 Å². The number of hydrogen-bond acceptors (Lipinski definition) is 0. The maximum atomic E-state index is 6.21. The highest BCUT2D eigenvalue weighted by molar-refractivity contribution is 6.29. The van der Waals surface area contributed by atoms with Crippen molar-refractivity contribution in [3.8, 4) is 0 Å². The fraction of sp³-hybridized carbons (Fsp3) is 0.250. The molecular formula is C4H4ClN. The van der Waals surface area contributed by atoms with Gasteiger partial charge in [0.15, 0.2) is 0 Å². The summed E-state index contributed by atoms with van der Waals surface area (Å²) in [4.78, 5) is 2.95. The van der Waals surface area contributed by atoms with Gasteiger partial charge in [-0.2, -0.15) is 0 Å². The van der Waals surface area contributed by atoms with Gasteiger partial charge < -0.3 is 4.85 Å². The zero-order chi connectivity index (χ0) is 4.99. The third kappa shape index (κ3) is 3.52. The third-order valence-corrected chi connectivity index (χ3v) is 0.370. The monoisotopic (exact) mass is 101 g/mol. The van der Waals surface area contributed by atoms with Crippen LogP contribution >= 0.6 is 11.6 Å². The second-order valence-electron chi connectivity index (χ2n) is 0.833. The normalized spacial score (nSPS) is 6.67. The van der Waals surface area contributed by atoms with Crippen LogP contribution in [0.5, 0.6) is 0 Å². The minimum atomic E-state index is 0.238. The molecule has 0 N–H and O–H groups in total. The lowest BCUT2D eigenvalue weighted by Crippen LogP contribution is -1.66. The SMILES string of the molecule is [C-]#[N+]CC(=C)Cl. The van der Waals surface area contributed by atoms with Gasteiger partial charge in [0.25, 0.3) is 0 Å². The smallest absolute Gasteiger partial charge is 0.249 e. The van der Waals surface area contributed by atoms with Crippen LogP contribution < -0.4 is 0 Å². The second kappa shape index (κ2) is 2.74. The van der Waals surface area contributed by atoms with Crippen LogP contribution in [0.2, 0.25) is 0 Å². The molecule has 0 aliphatic heterocycles. The highest BCUT2D eigenvalue weighted by atomic mass is 35.5. The fourth-order valence-corrected chi connectivity index (χ4v) is 0.146. The first-order chi connectivity index (χ1) is 2.77. The molecular weight excluding hydrogens is 97.5 g/mol. The molecule has 0 aliphatic rings. The Labute approximate surface area is 42.1 Å². The lowest BCUT2D eigenvalue weighted by atomic mass is 10.6. The van der Waals surface area contributed by atoms with Gasteiger partial charge in [-0.15, -0.1) is 0 Å². The minimum Gasteiger partial charge on any atom is -0.311 e. The Kier molecular flexibility index (Phi) is 2.52. The Bertz CT molecular complexity index is 90.2. The Morgan fingerprint density at radius 3 is 2.50 bits per heavy atom. The molecule has 6 heavy (non-hydrogen) atoms. The van der Waals surface area contributed by atoms with Gasteiger partial charge >= 0.3 is 0 Å². The molecule has 0 spiro atoms. The van der Waals surface area contributed by atoms with Crippen LogP contribution in [0.25, 0.3) is 4.85 Å². The molecule has 0 bridgehead atoms. The molecule has 2 heteroatoms. The highest BCUT2D eigenvalue weighted by Gasteiger charge is 1.82. The van der Waals surface area contributed by atoms with E-state index in [9.17, 15) is 0 Å². The Balaban J connectivity index is 3.13. The standard InChI is InChI=1S/C4H4ClN/c1-4(5)3-6-2/h1,3H2. The Morgan fingerprint density at radius 1 is 2.00 bits per heavy atom. The first-order valence-corrected chi connectivity index (χ1v) is 1.81. The van der Waals surface area contributed by atoms with Crippen LogP contribution in [0.3, 0.4) is 0 Å². The summed E-state index contributed by atoms with van der Waals surface area (Å²) in [7, 11) is 0. The average molecular weight is 102 g/mol. The average Bonchev–Trinajstić information content (AvgIpc) is 1.35. The maximum absolute atomic E-state index is 6.21. The van der Waals surface area contributed by atoms with Crippen molar-refractivity contribution < 1.29 is 0 Å². The van der Waals surface area contributed by atoms with E-state index in [-0.39, 0.29) is 6.54 Å². The molecule has 0 heterocycles. The van der Waals surface area contributed by atoms with E-state index >= 15 is 0 Å². The third-order valence-electron chi connectivity index (χ3n) is 0.251. The van der Waals surface area contributed by atoms with Crippen LogP contribution in [-0.2, 0) is 0 Å². The summed E-state index contributed by atoms with van der Waals surface area (Å²) in [6.07, 6.45) is 0. The molecule has 0 aromatic rings. The van der Waals surface area contributed by atoms with E-state index in [1.165, 1.54) is 0 Å². The van der Waals surface area contributed by atoms with Crippen LogP contribution in [0, 0.1) is 6.57 Å². The lowest BCUT2D eigenvalue weighted by Gasteiger charge is -1.72. The molecule has 0 unspecified atom stereocenters. The quantitative estimate of drug-likeness (QED) is 0.443. The predicted octanol–water partition coefficient (Wildman–Crippen LogP) is 1.66. The molecule has 32 valence electrons. The topological polar surface area (TPSA) is 4.36 Å². The van der Waals surface area contributed by atoms with Crippen LogP contribution in [0.1, 0.15) is 0 Å². The second-order valence-corrected chi connectivity index (χ2v) is 1.37. The zero-order valence-corrected chi connectivity index (χ0v) is 4.00. The Morgan fingerprint density at radius 2 is 2.50 bits per heavy atom.